The quantitative estimate of drug-likeness (QED) is 0.476. The largest absolute Gasteiger partial charge is 0.379 e. The Bertz CT molecular complexity index is 377. The average Bonchev–Trinajstić information content (AvgIpc) is 2.80. The molecule has 0 saturated carbocycles. The summed E-state index contributed by atoms with van der Waals surface area (Å²) in [5, 5.41) is 10.7. The van der Waals surface area contributed by atoms with Gasteiger partial charge in [-0.15, -0.1) is 0 Å². The average molecular weight is 255 g/mol. The third-order valence-electron chi connectivity index (χ3n) is 1.91. The number of H-pyrrole nitrogens is 1. The molecule has 0 spiro atoms. The predicted molar refractivity (Wildman–Crippen MR) is 63.7 cm³/mol. The van der Waals surface area contributed by atoms with Crippen LogP contribution in [0.15, 0.2) is 6.33 Å². The minimum absolute atomic E-state index is 0.137. The maximum atomic E-state index is 11.3. The summed E-state index contributed by atoms with van der Waals surface area (Å²) in [5.74, 6) is -1.36. The molecule has 3 N–H and O–H groups in total. The molecule has 0 saturated heterocycles. The molecule has 18 heavy (non-hydrogen) atoms. The van der Waals surface area contributed by atoms with Crippen LogP contribution < -0.4 is 10.6 Å². The highest BCUT2D eigenvalue weighted by Crippen LogP contribution is 1.92. The number of carbonyl (C=O) groups excluding carboxylic acids is 2. The lowest BCUT2D eigenvalue weighted by atomic mass is 10.4. The molecule has 0 bridgehead atoms. The van der Waals surface area contributed by atoms with Gasteiger partial charge in [-0.2, -0.15) is 10.1 Å². The molecule has 0 radical (unpaired) electrons. The first kappa shape index (κ1) is 14.1. The second-order valence-corrected chi connectivity index (χ2v) is 3.82. The Kier molecular flexibility index (Phi) is 5.78. The van der Waals surface area contributed by atoms with Gasteiger partial charge >= 0.3 is 11.8 Å². The van der Waals surface area contributed by atoms with Crippen LogP contribution in [-0.2, 0) is 14.3 Å². The summed E-state index contributed by atoms with van der Waals surface area (Å²) in [5.41, 5.74) is 0. The van der Waals surface area contributed by atoms with Crippen LogP contribution in [0.4, 0.5) is 5.95 Å². The number of nitrogens with one attached hydrogen (secondary N) is 3. The van der Waals surface area contributed by atoms with Crippen molar-refractivity contribution < 1.29 is 14.3 Å². The first-order valence-corrected chi connectivity index (χ1v) is 5.65. The topological polar surface area (TPSA) is 109 Å². The normalized spacial score (nSPS) is 10.4. The van der Waals surface area contributed by atoms with Crippen molar-refractivity contribution in [1.82, 2.24) is 20.5 Å². The molecule has 1 rings (SSSR count). The third-order valence-corrected chi connectivity index (χ3v) is 1.91. The summed E-state index contributed by atoms with van der Waals surface area (Å²) >= 11 is 0. The number of carbonyl (C=O) groups is 2. The molecule has 0 aliphatic carbocycles. The number of hydrogen-bond acceptors (Lipinski definition) is 5. The molecular weight excluding hydrogens is 238 g/mol. The van der Waals surface area contributed by atoms with Gasteiger partial charge in [-0.05, 0) is 20.3 Å². The van der Waals surface area contributed by atoms with Crippen LogP contribution in [0.5, 0.6) is 0 Å². The van der Waals surface area contributed by atoms with Gasteiger partial charge in [-0.1, -0.05) is 0 Å². The summed E-state index contributed by atoms with van der Waals surface area (Å²) in [6.45, 7) is 4.80. The monoisotopic (exact) mass is 255 g/mol. The molecule has 2 amide bonds. The van der Waals surface area contributed by atoms with Crippen LogP contribution >= 0.6 is 0 Å². The number of rotatable bonds is 6. The Morgan fingerprint density at radius 3 is 2.83 bits per heavy atom. The van der Waals surface area contributed by atoms with E-state index in [9.17, 15) is 9.59 Å². The van der Waals surface area contributed by atoms with Crippen molar-refractivity contribution in [3.05, 3.63) is 6.33 Å². The van der Waals surface area contributed by atoms with Crippen LogP contribution in [0.1, 0.15) is 20.3 Å². The molecular formula is C10H17N5O3. The van der Waals surface area contributed by atoms with Gasteiger partial charge in [-0.3, -0.25) is 14.9 Å². The molecule has 8 nitrogen and oxygen atoms in total. The zero-order chi connectivity index (χ0) is 13.4. The van der Waals surface area contributed by atoms with Crippen molar-refractivity contribution in [1.29, 1.82) is 0 Å². The Balaban J connectivity index is 2.14. The maximum absolute atomic E-state index is 11.3. The van der Waals surface area contributed by atoms with E-state index in [1.54, 1.807) is 0 Å². The number of anilines is 1. The molecule has 1 aromatic heterocycles. The summed E-state index contributed by atoms with van der Waals surface area (Å²) in [7, 11) is 0. The van der Waals surface area contributed by atoms with E-state index in [-0.39, 0.29) is 12.1 Å². The number of nitrogens with zero attached hydrogens (tertiary/aromatic N) is 2. The van der Waals surface area contributed by atoms with Gasteiger partial charge in [0.15, 0.2) is 0 Å². The molecule has 8 heteroatoms. The van der Waals surface area contributed by atoms with Crippen molar-refractivity contribution in [2.45, 2.75) is 26.4 Å². The maximum Gasteiger partial charge on any atom is 0.316 e. The molecule has 0 unspecified atom stereocenters. The Morgan fingerprint density at radius 1 is 1.44 bits per heavy atom. The highest BCUT2D eigenvalue weighted by molar-refractivity contribution is 6.39. The van der Waals surface area contributed by atoms with Gasteiger partial charge in [0.1, 0.15) is 6.33 Å². The van der Waals surface area contributed by atoms with E-state index in [2.05, 4.69) is 25.8 Å². The van der Waals surface area contributed by atoms with Gasteiger partial charge in [0.25, 0.3) is 0 Å². The van der Waals surface area contributed by atoms with Gasteiger partial charge in [0.05, 0.1) is 6.10 Å². The van der Waals surface area contributed by atoms with Gasteiger partial charge in [0.2, 0.25) is 5.95 Å². The minimum Gasteiger partial charge on any atom is -0.379 e. The first-order valence-electron chi connectivity index (χ1n) is 5.65. The molecule has 0 aliphatic rings. The summed E-state index contributed by atoms with van der Waals surface area (Å²) in [6.07, 6.45) is 2.05. The Hall–Kier alpha value is -1.96. The first-order chi connectivity index (χ1) is 8.59. The van der Waals surface area contributed by atoms with Gasteiger partial charge in [-0.25, -0.2) is 5.10 Å². The van der Waals surface area contributed by atoms with Gasteiger partial charge in [0, 0.05) is 13.2 Å². The fourth-order valence-corrected chi connectivity index (χ4v) is 1.10. The van der Waals surface area contributed by atoms with Gasteiger partial charge < -0.3 is 10.1 Å². The molecule has 1 aromatic rings. The predicted octanol–water partition coefficient (Wildman–Crippen LogP) is -0.325. The highest BCUT2D eigenvalue weighted by atomic mass is 16.5. The lowest BCUT2D eigenvalue weighted by Crippen LogP contribution is -2.36. The summed E-state index contributed by atoms with van der Waals surface area (Å²) < 4.78 is 5.29. The van der Waals surface area contributed by atoms with Crippen LogP contribution in [0.25, 0.3) is 0 Å². The van der Waals surface area contributed by atoms with E-state index in [0.717, 1.165) is 0 Å². The fraction of sp³-hybridized carbons (Fsp3) is 0.600. The number of aromatic nitrogens is 3. The fourth-order valence-electron chi connectivity index (χ4n) is 1.10. The Labute approximate surface area is 105 Å². The van der Waals surface area contributed by atoms with E-state index in [1.807, 2.05) is 13.8 Å². The van der Waals surface area contributed by atoms with E-state index in [1.165, 1.54) is 6.33 Å². The zero-order valence-corrected chi connectivity index (χ0v) is 10.4. The van der Waals surface area contributed by atoms with Crippen molar-refractivity contribution in [3.8, 4) is 0 Å². The van der Waals surface area contributed by atoms with Crippen molar-refractivity contribution >= 4 is 17.8 Å². The minimum atomic E-state index is -0.781. The lowest BCUT2D eigenvalue weighted by molar-refractivity contribution is -0.136. The van der Waals surface area contributed by atoms with E-state index in [0.29, 0.717) is 19.6 Å². The zero-order valence-electron chi connectivity index (χ0n) is 10.4. The van der Waals surface area contributed by atoms with E-state index < -0.39 is 11.8 Å². The van der Waals surface area contributed by atoms with Crippen LogP contribution in [-0.4, -0.2) is 46.3 Å². The van der Waals surface area contributed by atoms with E-state index >= 15 is 0 Å². The highest BCUT2D eigenvalue weighted by Gasteiger charge is 2.13. The number of aromatic amines is 1. The second-order valence-electron chi connectivity index (χ2n) is 3.82. The molecule has 0 aliphatic heterocycles. The smallest absolute Gasteiger partial charge is 0.316 e. The molecule has 0 aromatic carbocycles. The summed E-state index contributed by atoms with van der Waals surface area (Å²) in [4.78, 5) is 26.3. The molecule has 100 valence electrons. The number of hydrogen-bond donors (Lipinski definition) is 3. The van der Waals surface area contributed by atoms with Crippen LogP contribution in [0.3, 0.4) is 0 Å². The van der Waals surface area contributed by atoms with Crippen molar-refractivity contribution in [2.24, 2.45) is 0 Å². The third kappa shape index (κ3) is 5.39. The second kappa shape index (κ2) is 7.38. The molecule has 1 heterocycles. The number of ether oxygens (including phenoxy) is 1. The SMILES string of the molecule is CC(C)OCCCNC(=O)C(=O)Nc1ncn[nH]1. The van der Waals surface area contributed by atoms with E-state index in [4.69, 9.17) is 4.74 Å². The lowest BCUT2D eigenvalue weighted by Gasteiger charge is -2.07. The molecule has 0 atom stereocenters. The Morgan fingerprint density at radius 2 is 2.22 bits per heavy atom. The van der Waals surface area contributed by atoms with Crippen molar-refractivity contribution in [2.75, 3.05) is 18.5 Å². The standard InChI is InChI=1S/C10H17N5O3/c1-7(2)18-5-3-4-11-8(16)9(17)14-10-12-6-13-15-10/h6-7H,3-5H2,1-2H3,(H,11,16)(H2,12,13,14,15,17). The summed E-state index contributed by atoms with van der Waals surface area (Å²) in [6, 6.07) is 0. The number of amides is 2. The van der Waals surface area contributed by atoms with Crippen LogP contribution in [0.2, 0.25) is 0 Å². The molecule has 0 fully saturated rings. The van der Waals surface area contributed by atoms with Crippen LogP contribution in [0, 0.1) is 0 Å². The van der Waals surface area contributed by atoms with Crippen molar-refractivity contribution in [3.63, 3.8) is 0 Å².